The highest BCUT2D eigenvalue weighted by molar-refractivity contribution is 6.00. The Morgan fingerprint density at radius 2 is 1.93 bits per heavy atom. The number of rotatable bonds is 6. The molecule has 1 aliphatic carbocycles. The Morgan fingerprint density at radius 1 is 1.22 bits per heavy atom. The topological polar surface area (TPSA) is 84.9 Å². The van der Waals surface area contributed by atoms with Crippen molar-refractivity contribution in [1.82, 2.24) is 5.32 Å². The number of carbonyl (C=O) groups excluding carboxylic acids is 3. The first kappa shape index (κ1) is 19.2. The van der Waals surface area contributed by atoms with Crippen LogP contribution < -0.4 is 15.0 Å². The van der Waals surface area contributed by atoms with Gasteiger partial charge in [0.15, 0.2) is 6.10 Å². The van der Waals surface area contributed by atoms with Crippen molar-refractivity contribution in [3.8, 4) is 5.75 Å². The normalized spacial score (nSPS) is 21.2. The lowest BCUT2D eigenvalue weighted by Crippen LogP contribution is -2.41. The summed E-state index contributed by atoms with van der Waals surface area (Å²) in [4.78, 5) is 38.6. The Kier molecular flexibility index (Phi) is 5.98. The van der Waals surface area contributed by atoms with Gasteiger partial charge in [0, 0.05) is 19.0 Å². The van der Waals surface area contributed by atoms with Gasteiger partial charge in [-0.15, -0.1) is 0 Å². The van der Waals surface area contributed by atoms with Crippen LogP contribution >= 0.6 is 0 Å². The average molecular weight is 374 g/mol. The molecular weight excluding hydrogens is 348 g/mol. The quantitative estimate of drug-likeness (QED) is 0.770. The molecule has 1 aliphatic heterocycles. The highest BCUT2D eigenvalue weighted by atomic mass is 16.5. The van der Waals surface area contributed by atoms with Crippen molar-refractivity contribution in [3.63, 3.8) is 0 Å². The zero-order valence-corrected chi connectivity index (χ0v) is 15.8. The number of esters is 1. The van der Waals surface area contributed by atoms with E-state index in [4.69, 9.17) is 9.47 Å². The van der Waals surface area contributed by atoms with E-state index < -0.39 is 18.0 Å². The first-order valence-electron chi connectivity index (χ1n) is 9.44. The zero-order chi connectivity index (χ0) is 19.4. The molecule has 0 radical (unpaired) electrons. The summed E-state index contributed by atoms with van der Waals surface area (Å²) in [5.41, 5.74) is 0.632. The van der Waals surface area contributed by atoms with Gasteiger partial charge >= 0.3 is 5.97 Å². The minimum absolute atomic E-state index is 0.0633. The molecule has 2 atom stereocenters. The second-order valence-corrected chi connectivity index (χ2v) is 7.15. The van der Waals surface area contributed by atoms with Crippen LogP contribution in [0.3, 0.4) is 0 Å². The second-order valence-electron chi connectivity index (χ2n) is 7.15. The Balaban J connectivity index is 1.57. The highest BCUT2D eigenvalue weighted by Gasteiger charge is 2.38. The van der Waals surface area contributed by atoms with Gasteiger partial charge in [0.25, 0.3) is 5.91 Å². The first-order valence-corrected chi connectivity index (χ1v) is 9.44. The fourth-order valence-electron chi connectivity index (χ4n) is 3.66. The number of anilines is 1. The number of ether oxygens (including phenoxy) is 2. The summed E-state index contributed by atoms with van der Waals surface area (Å²) in [6.07, 6.45) is 3.36. The monoisotopic (exact) mass is 374 g/mol. The van der Waals surface area contributed by atoms with Crippen LogP contribution in [0.25, 0.3) is 0 Å². The molecule has 0 spiro atoms. The van der Waals surface area contributed by atoms with Crippen LogP contribution in [-0.4, -0.2) is 43.6 Å². The maximum atomic E-state index is 12.5. The minimum atomic E-state index is -0.867. The molecule has 1 aromatic rings. The molecule has 146 valence electrons. The fraction of sp³-hybridized carbons (Fsp3) is 0.550. The molecule has 2 aliphatic rings. The number of nitrogens with zero attached hydrogens (tertiary/aromatic N) is 1. The van der Waals surface area contributed by atoms with Gasteiger partial charge < -0.3 is 19.7 Å². The molecule has 27 heavy (non-hydrogen) atoms. The zero-order valence-electron chi connectivity index (χ0n) is 15.8. The Hall–Kier alpha value is -2.57. The lowest BCUT2D eigenvalue weighted by atomic mass is 10.1. The van der Waals surface area contributed by atoms with Crippen molar-refractivity contribution in [3.05, 3.63) is 24.3 Å². The molecule has 1 aromatic carbocycles. The third-order valence-electron chi connectivity index (χ3n) is 5.20. The van der Waals surface area contributed by atoms with Gasteiger partial charge in [-0.2, -0.15) is 0 Å². The van der Waals surface area contributed by atoms with Crippen LogP contribution in [0.1, 0.15) is 39.0 Å². The van der Waals surface area contributed by atoms with Crippen molar-refractivity contribution in [1.29, 1.82) is 0 Å². The van der Waals surface area contributed by atoms with Gasteiger partial charge in [0.2, 0.25) is 5.91 Å². The molecule has 0 aromatic heterocycles. The summed E-state index contributed by atoms with van der Waals surface area (Å²) >= 11 is 0. The number of carbonyl (C=O) groups is 3. The predicted molar refractivity (Wildman–Crippen MR) is 99.4 cm³/mol. The van der Waals surface area contributed by atoms with Crippen LogP contribution in [-0.2, 0) is 19.1 Å². The first-order chi connectivity index (χ1) is 13.0. The van der Waals surface area contributed by atoms with Crippen molar-refractivity contribution >= 4 is 23.5 Å². The maximum absolute atomic E-state index is 12.5. The standard InChI is InChI=1S/C20H26N2O5/c1-13(19(24)21-15-7-3-4-8-15)27-20(25)14-11-18(23)22(12-14)16-9-5-6-10-17(16)26-2/h5-6,9-10,13-15H,3-4,7-8,11-12H2,1-2H3,(H,21,24)/t13-,14-/m1/s1. The van der Waals surface area contributed by atoms with Crippen LogP contribution in [0.5, 0.6) is 5.75 Å². The van der Waals surface area contributed by atoms with Crippen LogP contribution in [0, 0.1) is 5.92 Å². The molecule has 7 nitrogen and oxygen atoms in total. The molecule has 0 unspecified atom stereocenters. The summed E-state index contributed by atoms with van der Waals surface area (Å²) in [5, 5.41) is 2.92. The second kappa shape index (κ2) is 8.41. The van der Waals surface area contributed by atoms with E-state index >= 15 is 0 Å². The van der Waals surface area contributed by atoms with E-state index in [1.165, 1.54) is 12.0 Å². The number of amides is 2. The number of benzene rings is 1. The number of hydrogen-bond acceptors (Lipinski definition) is 5. The van der Waals surface area contributed by atoms with E-state index in [0.29, 0.717) is 11.4 Å². The number of methoxy groups -OCH3 is 1. The summed E-state index contributed by atoms with van der Waals surface area (Å²) in [6, 6.07) is 7.35. The SMILES string of the molecule is COc1ccccc1N1C[C@H](C(=O)O[C@H](C)C(=O)NC2CCCC2)CC1=O. The Bertz CT molecular complexity index is 714. The van der Waals surface area contributed by atoms with E-state index in [1.807, 2.05) is 12.1 Å². The van der Waals surface area contributed by atoms with Crippen LogP contribution in [0.4, 0.5) is 5.69 Å². The molecule has 1 saturated carbocycles. The van der Waals surface area contributed by atoms with Crippen molar-refractivity contribution < 1.29 is 23.9 Å². The summed E-state index contributed by atoms with van der Waals surface area (Å²) in [7, 11) is 1.54. The van der Waals surface area contributed by atoms with E-state index in [1.54, 1.807) is 19.1 Å². The molecule has 2 fully saturated rings. The van der Waals surface area contributed by atoms with E-state index in [2.05, 4.69) is 5.32 Å². The molecular formula is C20H26N2O5. The third kappa shape index (κ3) is 4.40. The number of hydrogen-bond donors (Lipinski definition) is 1. The van der Waals surface area contributed by atoms with E-state index in [9.17, 15) is 14.4 Å². The van der Waals surface area contributed by atoms with Crippen molar-refractivity contribution in [2.24, 2.45) is 5.92 Å². The average Bonchev–Trinajstić information content (AvgIpc) is 3.31. The van der Waals surface area contributed by atoms with Gasteiger partial charge in [-0.1, -0.05) is 25.0 Å². The third-order valence-corrected chi connectivity index (χ3v) is 5.20. The van der Waals surface area contributed by atoms with Gasteiger partial charge in [-0.05, 0) is 31.9 Å². The van der Waals surface area contributed by atoms with Gasteiger partial charge in [0.05, 0.1) is 18.7 Å². The van der Waals surface area contributed by atoms with Crippen LogP contribution in [0.2, 0.25) is 0 Å². The largest absolute Gasteiger partial charge is 0.495 e. The minimum Gasteiger partial charge on any atom is -0.495 e. The molecule has 0 bridgehead atoms. The molecule has 1 heterocycles. The van der Waals surface area contributed by atoms with E-state index in [-0.39, 0.29) is 30.8 Å². The van der Waals surface area contributed by atoms with Gasteiger partial charge in [-0.3, -0.25) is 14.4 Å². The van der Waals surface area contributed by atoms with E-state index in [0.717, 1.165) is 25.7 Å². The maximum Gasteiger partial charge on any atom is 0.312 e. The number of para-hydroxylation sites is 2. The predicted octanol–water partition coefficient (Wildman–Crippen LogP) is 2.04. The Morgan fingerprint density at radius 3 is 2.63 bits per heavy atom. The highest BCUT2D eigenvalue weighted by Crippen LogP contribution is 2.33. The summed E-state index contributed by atoms with van der Waals surface area (Å²) < 4.78 is 10.6. The fourth-order valence-corrected chi connectivity index (χ4v) is 3.66. The summed E-state index contributed by atoms with van der Waals surface area (Å²) in [6.45, 7) is 1.78. The smallest absolute Gasteiger partial charge is 0.312 e. The lowest BCUT2D eigenvalue weighted by molar-refractivity contribution is -0.158. The molecule has 3 rings (SSSR count). The van der Waals surface area contributed by atoms with Crippen LogP contribution in [0.15, 0.2) is 24.3 Å². The molecule has 1 saturated heterocycles. The van der Waals surface area contributed by atoms with Crippen molar-refractivity contribution in [2.45, 2.75) is 51.2 Å². The molecule has 7 heteroatoms. The van der Waals surface area contributed by atoms with Gasteiger partial charge in [0.1, 0.15) is 5.75 Å². The van der Waals surface area contributed by atoms with Crippen molar-refractivity contribution in [2.75, 3.05) is 18.6 Å². The number of nitrogens with one attached hydrogen (secondary N) is 1. The lowest BCUT2D eigenvalue weighted by Gasteiger charge is -2.20. The molecule has 2 amide bonds. The van der Waals surface area contributed by atoms with Gasteiger partial charge in [-0.25, -0.2) is 0 Å². The Labute approximate surface area is 159 Å². The summed E-state index contributed by atoms with van der Waals surface area (Å²) in [5.74, 6) is -0.978. The molecule has 1 N–H and O–H groups in total.